The van der Waals surface area contributed by atoms with Crippen LogP contribution in [-0.2, 0) is 0 Å². The standard InChI is InChI=1S/C13H13NO2/c14-8-7-13(5-6-13)10-16-12-4-2-1-3-11(12)9-15/h1-4,9H,5-7,10H2. The molecule has 0 saturated heterocycles. The van der Waals surface area contributed by atoms with Crippen molar-refractivity contribution in [2.45, 2.75) is 19.3 Å². The van der Waals surface area contributed by atoms with E-state index in [1.165, 1.54) is 0 Å². The maximum atomic E-state index is 10.8. The number of hydrogen-bond acceptors (Lipinski definition) is 3. The van der Waals surface area contributed by atoms with E-state index in [0.717, 1.165) is 19.1 Å². The van der Waals surface area contributed by atoms with Crippen LogP contribution in [0.1, 0.15) is 29.6 Å². The Balaban J connectivity index is 2.00. The SMILES string of the molecule is N#CCC1(COc2ccccc2C=O)CC1. The van der Waals surface area contributed by atoms with Crippen molar-refractivity contribution < 1.29 is 9.53 Å². The average molecular weight is 215 g/mol. The summed E-state index contributed by atoms with van der Waals surface area (Å²) in [6, 6.07) is 9.34. The molecule has 0 aromatic heterocycles. The largest absolute Gasteiger partial charge is 0.492 e. The van der Waals surface area contributed by atoms with Gasteiger partial charge in [0.15, 0.2) is 6.29 Å². The van der Waals surface area contributed by atoms with E-state index in [1.54, 1.807) is 18.2 Å². The summed E-state index contributed by atoms with van der Waals surface area (Å²) in [6.45, 7) is 0.533. The Labute approximate surface area is 94.6 Å². The first kappa shape index (κ1) is 10.7. The van der Waals surface area contributed by atoms with Gasteiger partial charge in [-0.25, -0.2) is 0 Å². The van der Waals surface area contributed by atoms with Gasteiger partial charge in [-0.15, -0.1) is 0 Å². The first-order valence-corrected chi connectivity index (χ1v) is 5.34. The normalized spacial score (nSPS) is 16.2. The van der Waals surface area contributed by atoms with Gasteiger partial charge in [-0.1, -0.05) is 12.1 Å². The Morgan fingerprint density at radius 3 is 2.81 bits per heavy atom. The van der Waals surface area contributed by atoms with Crippen molar-refractivity contribution in [1.82, 2.24) is 0 Å². The summed E-state index contributed by atoms with van der Waals surface area (Å²) in [5.41, 5.74) is 0.611. The van der Waals surface area contributed by atoms with Gasteiger partial charge in [-0.2, -0.15) is 5.26 Å². The van der Waals surface area contributed by atoms with Crippen LogP contribution >= 0.6 is 0 Å². The van der Waals surface area contributed by atoms with E-state index >= 15 is 0 Å². The minimum absolute atomic E-state index is 0.0464. The number of para-hydroxylation sites is 1. The van der Waals surface area contributed by atoms with Crippen LogP contribution in [0.2, 0.25) is 0 Å². The van der Waals surface area contributed by atoms with Crippen molar-refractivity contribution in [1.29, 1.82) is 5.26 Å². The van der Waals surface area contributed by atoms with Crippen LogP contribution < -0.4 is 4.74 Å². The quantitative estimate of drug-likeness (QED) is 0.709. The van der Waals surface area contributed by atoms with Crippen LogP contribution in [0.15, 0.2) is 24.3 Å². The van der Waals surface area contributed by atoms with E-state index in [0.29, 0.717) is 24.3 Å². The molecule has 82 valence electrons. The second-order valence-corrected chi connectivity index (χ2v) is 4.28. The third-order valence-electron chi connectivity index (χ3n) is 2.99. The number of nitrogens with zero attached hydrogens (tertiary/aromatic N) is 1. The molecule has 1 aliphatic carbocycles. The highest BCUT2D eigenvalue weighted by Crippen LogP contribution is 2.48. The fraction of sp³-hybridized carbons (Fsp3) is 0.385. The minimum Gasteiger partial charge on any atom is -0.492 e. The zero-order valence-electron chi connectivity index (χ0n) is 8.98. The number of hydrogen-bond donors (Lipinski definition) is 0. The van der Waals surface area contributed by atoms with Gasteiger partial charge in [0, 0.05) is 11.8 Å². The fourth-order valence-corrected chi connectivity index (χ4v) is 1.66. The predicted molar refractivity (Wildman–Crippen MR) is 59.2 cm³/mol. The van der Waals surface area contributed by atoms with Gasteiger partial charge in [0.2, 0.25) is 0 Å². The van der Waals surface area contributed by atoms with Crippen molar-refractivity contribution in [3.63, 3.8) is 0 Å². The number of ether oxygens (including phenoxy) is 1. The Morgan fingerprint density at radius 2 is 2.19 bits per heavy atom. The molecule has 0 N–H and O–H groups in total. The molecular weight excluding hydrogens is 202 g/mol. The molecule has 1 aliphatic rings. The van der Waals surface area contributed by atoms with Crippen LogP contribution in [0.3, 0.4) is 0 Å². The van der Waals surface area contributed by atoms with Crippen molar-refractivity contribution in [2.75, 3.05) is 6.61 Å². The second-order valence-electron chi connectivity index (χ2n) is 4.28. The minimum atomic E-state index is 0.0464. The summed E-state index contributed by atoms with van der Waals surface area (Å²) in [5.74, 6) is 0.613. The lowest BCUT2D eigenvalue weighted by Gasteiger charge is -2.13. The van der Waals surface area contributed by atoms with Gasteiger partial charge in [0.1, 0.15) is 5.75 Å². The number of aldehydes is 1. The summed E-state index contributed by atoms with van der Waals surface area (Å²) in [5, 5.41) is 8.68. The summed E-state index contributed by atoms with van der Waals surface area (Å²) in [7, 11) is 0. The molecule has 1 fully saturated rings. The van der Waals surface area contributed by atoms with Crippen LogP contribution in [0.25, 0.3) is 0 Å². The van der Waals surface area contributed by atoms with Crippen LogP contribution in [0.5, 0.6) is 5.75 Å². The van der Waals surface area contributed by atoms with E-state index < -0.39 is 0 Å². The van der Waals surface area contributed by atoms with Gasteiger partial charge in [0.05, 0.1) is 18.2 Å². The molecule has 3 heteroatoms. The molecule has 0 amide bonds. The van der Waals surface area contributed by atoms with Gasteiger partial charge >= 0.3 is 0 Å². The lowest BCUT2D eigenvalue weighted by molar-refractivity contribution is 0.111. The third kappa shape index (κ3) is 2.22. The van der Waals surface area contributed by atoms with Crippen molar-refractivity contribution >= 4 is 6.29 Å². The Kier molecular flexibility index (Phi) is 2.91. The maximum Gasteiger partial charge on any atom is 0.153 e. The topological polar surface area (TPSA) is 50.1 Å². The summed E-state index contributed by atoms with van der Waals surface area (Å²) < 4.78 is 5.63. The third-order valence-corrected chi connectivity index (χ3v) is 2.99. The van der Waals surface area contributed by atoms with E-state index in [4.69, 9.17) is 10.00 Å². The molecule has 0 atom stereocenters. The predicted octanol–water partition coefficient (Wildman–Crippen LogP) is 2.57. The van der Waals surface area contributed by atoms with Gasteiger partial charge < -0.3 is 4.74 Å². The Morgan fingerprint density at radius 1 is 1.44 bits per heavy atom. The average Bonchev–Trinajstić information content (AvgIpc) is 3.08. The number of rotatable bonds is 5. The summed E-state index contributed by atoms with van der Waals surface area (Å²) >= 11 is 0. The molecule has 0 unspecified atom stereocenters. The zero-order chi connectivity index (χ0) is 11.4. The van der Waals surface area contributed by atoms with Gasteiger partial charge in [0.25, 0.3) is 0 Å². The fourth-order valence-electron chi connectivity index (χ4n) is 1.66. The van der Waals surface area contributed by atoms with Gasteiger partial charge in [-0.3, -0.25) is 4.79 Å². The number of benzene rings is 1. The highest BCUT2D eigenvalue weighted by molar-refractivity contribution is 5.79. The molecule has 1 aromatic carbocycles. The molecule has 0 bridgehead atoms. The van der Waals surface area contributed by atoms with E-state index in [2.05, 4.69) is 6.07 Å². The molecule has 0 spiro atoms. The molecular formula is C13H13NO2. The first-order valence-electron chi connectivity index (χ1n) is 5.34. The Hall–Kier alpha value is -1.82. The summed E-state index contributed by atoms with van der Waals surface area (Å²) in [6.07, 6.45) is 3.42. The highest BCUT2D eigenvalue weighted by atomic mass is 16.5. The number of carbonyl (C=O) groups is 1. The molecule has 3 nitrogen and oxygen atoms in total. The molecule has 0 heterocycles. The van der Waals surface area contributed by atoms with Crippen LogP contribution in [-0.4, -0.2) is 12.9 Å². The van der Waals surface area contributed by atoms with Crippen molar-refractivity contribution in [3.05, 3.63) is 29.8 Å². The number of nitriles is 1. The molecule has 0 aliphatic heterocycles. The van der Waals surface area contributed by atoms with E-state index in [9.17, 15) is 4.79 Å². The molecule has 0 radical (unpaired) electrons. The first-order chi connectivity index (χ1) is 7.79. The smallest absolute Gasteiger partial charge is 0.153 e. The van der Waals surface area contributed by atoms with E-state index in [-0.39, 0.29) is 5.41 Å². The molecule has 2 rings (SSSR count). The van der Waals surface area contributed by atoms with Crippen molar-refractivity contribution in [2.24, 2.45) is 5.41 Å². The van der Waals surface area contributed by atoms with E-state index in [1.807, 2.05) is 6.07 Å². The number of carbonyl (C=O) groups excluding carboxylic acids is 1. The van der Waals surface area contributed by atoms with Crippen molar-refractivity contribution in [3.8, 4) is 11.8 Å². The molecule has 16 heavy (non-hydrogen) atoms. The lowest BCUT2D eigenvalue weighted by Crippen LogP contribution is -2.13. The second kappa shape index (κ2) is 4.36. The molecule has 1 aromatic rings. The maximum absolute atomic E-state index is 10.8. The zero-order valence-corrected chi connectivity index (χ0v) is 8.98. The van der Waals surface area contributed by atoms with Gasteiger partial charge in [-0.05, 0) is 25.0 Å². The van der Waals surface area contributed by atoms with Crippen LogP contribution in [0.4, 0.5) is 0 Å². The summed E-state index contributed by atoms with van der Waals surface area (Å²) in [4.78, 5) is 10.8. The monoisotopic (exact) mass is 215 g/mol. The lowest BCUT2D eigenvalue weighted by atomic mass is 10.1. The van der Waals surface area contributed by atoms with Crippen LogP contribution in [0, 0.1) is 16.7 Å². The molecule has 1 saturated carbocycles. The Bertz CT molecular complexity index is 430. The highest BCUT2D eigenvalue weighted by Gasteiger charge is 2.43.